The monoisotopic (exact) mass is 268 g/mol. The normalized spacial score (nSPS) is 11.0. The first-order valence-electron chi connectivity index (χ1n) is 5.73. The predicted octanol–water partition coefficient (Wildman–Crippen LogP) is 3.06. The minimum absolute atomic E-state index is 0.0153. The van der Waals surface area contributed by atoms with Crippen molar-refractivity contribution >= 4 is 5.91 Å². The van der Waals surface area contributed by atoms with Crippen LogP contribution < -0.4 is 0 Å². The summed E-state index contributed by atoms with van der Waals surface area (Å²) < 4.78 is 31.4. The average molecular weight is 268 g/mol. The minimum Gasteiger partial charge on any atom is -0.472 e. The molecular weight excluding hydrogens is 254 g/mol. The molecule has 0 aromatic carbocycles. The Kier molecular flexibility index (Phi) is 3.69. The van der Waals surface area contributed by atoms with Crippen LogP contribution in [0, 0.1) is 6.92 Å². The molecule has 0 radical (unpaired) electrons. The lowest BCUT2D eigenvalue weighted by molar-refractivity contribution is 0.0564. The molecule has 0 N–H and O–H groups in total. The Morgan fingerprint density at radius 2 is 2.16 bits per heavy atom. The van der Waals surface area contributed by atoms with Crippen molar-refractivity contribution in [2.45, 2.75) is 20.0 Å². The molecule has 19 heavy (non-hydrogen) atoms. The van der Waals surface area contributed by atoms with E-state index in [-0.39, 0.29) is 5.69 Å². The number of carbonyl (C=O) groups is 1. The van der Waals surface area contributed by atoms with Gasteiger partial charge in [0.1, 0.15) is 5.69 Å². The van der Waals surface area contributed by atoms with Crippen LogP contribution in [-0.2, 0) is 6.54 Å². The van der Waals surface area contributed by atoms with Gasteiger partial charge in [-0.15, -0.1) is 0 Å². The molecule has 1 amide bonds. The van der Waals surface area contributed by atoms with Crippen LogP contribution in [0.3, 0.4) is 0 Å². The standard InChI is InChI=1S/C13H14F2N2O2/c1-9-3-4-11(17(9)13(14)15)12(18)16(2)7-10-5-6-19-8-10/h3-6,8,13H,7H2,1-2H3. The number of halogens is 2. The second kappa shape index (κ2) is 5.26. The van der Waals surface area contributed by atoms with Gasteiger partial charge in [-0.05, 0) is 25.1 Å². The highest BCUT2D eigenvalue weighted by Crippen LogP contribution is 2.20. The van der Waals surface area contributed by atoms with Gasteiger partial charge in [0.25, 0.3) is 5.91 Å². The minimum atomic E-state index is -2.73. The predicted molar refractivity (Wildman–Crippen MR) is 64.9 cm³/mol. The van der Waals surface area contributed by atoms with Gasteiger partial charge in [0.2, 0.25) is 0 Å². The molecule has 0 fully saturated rings. The van der Waals surface area contributed by atoms with E-state index in [1.165, 1.54) is 29.6 Å². The van der Waals surface area contributed by atoms with Crippen molar-refractivity contribution in [3.63, 3.8) is 0 Å². The quantitative estimate of drug-likeness (QED) is 0.854. The summed E-state index contributed by atoms with van der Waals surface area (Å²) in [7, 11) is 1.56. The lowest BCUT2D eigenvalue weighted by atomic mass is 10.3. The van der Waals surface area contributed by atoms with Crippen LogP contribution >= 0.6 is 0 Å². The maximum absolute atomic E-state index is 12.9. The Morgan fingerprint density at radius 1 is 1.42 bits per heavy atom. The van der Waals surface area contributed by atoms with E-state index >= 15 is 0 Å². The molecule has 0 unspecified atom stereocenters. The highest BCUT2D eigenvalue weighted by Gasteiger charge is 2.21. The van der Waals surface area contributed by atoms with Crippen LogP contribution in [-0.4, -0.2) is 22.4 Å². The Bertz CT molecular complexity index is 561. The van der Waals surface area contributed by atoms with E-state index in [0.29, 0.717) is 12.2 Å². The Morgan fingerprint density at radius 3 is 2.74 bits per heavy atom. The van der Waals surface area contributed by atoms with Crippen molar-refractivity contribution in [1.82, 2.24) is 9.47 Å². The summed E-state index contributed by atoms with van der Waals surface area (Å²) in [5, 5.41) is 0. The zero-order valence-electron chi connectivity index (χ0n) is 10.6. The van der Waals surface area contributed by atoms with Crippen molar-refractivity contribution in [3.8, 4) is 0 Å². The molecular formula is C13H14F2N2O2. The van der Waals surface area contributed by atoms with E-state index in [1.54, 1.807) is 20.0 Å². The Balaban J connectivity index is 2.19. The number of aromatic nitrogens is 1. The lowest BCUT2D eigenvalue weighted by Crippen LogP contribution is -2.28. The van der Waals surface area contributed by atoms with Crippen molar-refractivity contribution in [2.24, 2.45) is 0 Å². The van der Waals surface area contributed by atoms with E-state index in [2.05, 4.69) is 0 Å². The summed E-state index contributed by atoms with van der Waals surface area (Å²) in [5.41, 5.74) is 1.15. The first-order chi connectivity index (χ1) is 9.00. The third kappa shape index (κ3) is 2.67. The maximum atomic E-state index is 12.9. The molecule has 102 valence electrons. The van der Waals surface area contributed by atoms with Gasteiger partial charge in [0.15, 0.2) is 0 Å². The van der Waals surface area contributed by atoms with Gasteiger partial charge < -0.3 is 9.32 Å². The van der Waals surface area contributed by atoms with Crippen LogP contribution in [0.1, 0.15) is 28.3 Å². The van der Waals surface area contributed by atoms with E-state index in [0.717, 1.165) is 10.1 Å². The average Bonchev–Trinajstić information content (AvgIpc) is 2.97. The highest BCUT2D eigenvalue weighted by molar-refractivity contribution is 5.92. The SMILES string of the molecule is Cc1ccc(C(=O)N(C)Cc2ccoc2)n1C(F)F. The van der Waals surface area contributed by atoms with Gasteiger partial charge >= 0.3 is 6.55 Å². The molecule has 0 aliphatic rings. The number of aryl methyl sites for hydroxylation is 1. The van der Waals surface area contributed by atoms with Crippen molar-refractivity contribution in [3.05, 3.63) is 47.7 Å². The number of amides is 1. The van der Waals surface area contributed by atoms with Gasteiger partial charge in [-0.3, -0.25) is 9.36 Å². The number of alkyl halides is 2. The summed E-state index contributed by atoms with van der Waals surface area (Å²) >= 11 is 0. The second-order valence-corrected chi connectivity index (χ2v) is 4.30. The molecule has 0 bridgehead atoms. The fourth-order valence-electron chi connectivity index (χ4n) is 1.91. The number of carbonyl (C=O) groups excluding carboxylic acids is 1. The first-order valence-corrected chi connectivity index (χ1v) is 5.73. The van der Waals surface area contributed by atoms with Crippen molar-refractivity contribution < 1.29 is 18.0 Å². The number of nitrogens with zero attached hydrogens (tertiary/aromatic N) is 2. The molecule has 2 rings (SSSR count). The summed E-state index contributed by atoms with van der Waals surface area (Å²) in [5.74, 6) is -0.449. The third-order valence-electron chi connectivity index (χ3n) is 2.88. The van der Waals surface area contributed by atoms with Gasteiger partial charge in [0, 0.05) is 24.8 Å². The highest BCUT2D eigenvalue weighted by atomic mass is 19.3. The molecule has 0 atom stereocenters. The van der Waals surface area contributed by atoms with Gasteiger partial charge in [0.05, 0.1) is 12.5 Å². The second-order valence-electron chi connectivity index (χ2n) is 4.30. The zero-order chi connectivity index (χ0) is 14.0. The topological polar surface area (TPSA) is 38.4 Å². The smallest absolute Gasteiger partial charge is 0.319 e. The van der Waals surface area contributed by atoms with Crippen LogP contribution in [0.15, 0.2) is 35.1 Å². The lowest BCUT2D eigenvalue weighted by Gasteiger charge is -2.18. The molecule has 0 saturated heterocycles. The molecule has 4 nitrogen and oxygen atoms in total. The molecule has 6 heteroatoms. The summed E-state index contributed by atoms with van der Waals surface area (Å²) in [6.07, 6.45) is 3.01. The van der Waals surface area contributed by atoms with Gasteiger partial charge in [-0.25, -0.2) is 0 Å². The molecule has 2 heterocycles. The Labute approximate surface area is 109 Å². The number of rotatable bonds is 4. The molecule has 0 aliphatic carbocycles. The van der Waals surface area contributed by atoms with Crippen molar-refractivity contribution in [2.75, 3.05) is 7.05 Å². The molecule has 2 aromatic rings. The largest absolute Gasteiger partial charge is 0.472 e. The summed E-state index contributed by atoms with van der Waals surface area (Å²) in [6.45, 7) is -0.877. The van der Waals surface area contributed by atoms with Crippen molar-refractivity contribution in [1.29, 1.82) is 0 Å². The van der Waals surface area contributed by atoms with Gasteiger partial charge in [-0.1, -0.05) is 0 Å². The zero-order valence-corrected chi connectivity index (χ0v) is 10.6. The van der Waals surface area contributed by atoms with Gasteiger partial charge in [-0.2, -0.15) is 8.78 Å². The number of furan rings is 1. The number of hydrogen-bond acceptors (Lipinski definition) is 2. The van der Waals surface area contributed by atoms with Crippen LogP contribution in [0.2, 0.25) is 0 Å². The first kappa shape index (κ1) is 13.3. The molecule has 0 saturated carbocycles. The third-order valence-corrected chi connectivity index (χ3v) is 2.88. The van der Waals surface area contributed by atoms with Crippen LogP contribution in [0.25, 0.3) is 0 Å². The van der Waals surface area contributed by atoms with Crippen LogP contribution in [0.5, 0.6) is 0 Å². The fraction of sp³-hybridized carbons (Fsp3) is 0.308. The molecule has 0 spiro atoms. The van der Waals surface area contributed by atoms with Crippen LogP contribution in [0.4, 0.5) is 8.78 Å². The summed E-state index contributed by atoms with van der Waals surface area (Å²) in [4.78, 5) is 13.5. The summed E-state index contributed by atoms with van der Waals surface area (Å²) in [6, 6.07) is 4.64. The maximum Gasteiger partial charge on any atom is 0.319 e. The van der Waals surface area contributed by atoms with E-state index < -0.39 is 12.5 Å². The molecule has 0 aliphatic heterocycles. The van der Waals surface area contributed by atoms with E-state index in [9.17, 15) is 13.6 Å². The number of hydrogen-bond donors (Lipinski definition) is 0. The molecule has 2 aromatic heterocycles. The Hall–Kier alpha value is -2.11. The van der Waals surface area contributed by atoms with E-state index in [1.807, 2.05) is 0 Å². The fourth-order valence-corrected chi connectivity index (χ4v) is 1.91. The van der Waals surface area contributed by atoms with E-state index in [4.69, 9.17) is 4.42 Å².